The van der Waals surface area contributed by atoms with Crippen molar-refractivity contribution in [2.75, 3.05) is 0 Å². The van der Waals surface area contributed by atoms with E-state index in [-0.39, 0.29) is 5.56 Å². The molecule has 0 bridgehead atoms. The van der Waals surface area contributed by atoms with Crippen LogP contribution in [0.15, 0.2) is 33.9 Å². The minimum Gasteiger partial charge on any atom is -0.425 e. The van der Waals surface area contributed by atoms with Crippen LogP contribution < -0.4 is 16.0 Å². The van der Waals surface area contributed by atoms with Gasteiger partial charge >= 0.3 is 11.7 Å². The number of hydrogen-bond donors (Lipinski definition) is 0. The van der Waals surface area contributed by atoms with E-state index in [0.29, 0.717) is 29.5 Å². The molecule has 2 heterocycles. The molecule has 3 aromatic rings. The van der Waals surface area contributed by atoms with Crippen molar-refractivity contribution in [3.8, 4) is 11.8 Å². The highest BCUT2D eigenvalue weighted by molar-refractivity contribution is 5.72. The number of fused-ring (bicyclic) bond motifs is 1. The molecule has 0 aliphatic rings. The normalized spacial score (nSPS) is 11.3. The number of nitrogens with zero attached hydrogens (tertiary/aromatic N) is 4. The van der Waals surface area contributed by atoms with Crippen LogP contribution in [0.4, 0.5) is 0 Å². The Morgan fingerprint density at radius 3 is 2.45 bits per heavy atom. The standard InChI is InChI=1S/C22H30N4O3/c1-5-6-7-8-9-10-14-26-18-19(24(3)22(28)25(4)20(18)27)23-21(26)29-17-13-11-12-16(2)15-17/h11-13,15H,5-10,14H2,1-4H3. The van der Waals surface area contributed by atoms with E-state index in [1.165, 1.54) is 37.3 Å². The number of aromatic nitrogens is 4. The zero-order valence-corrected chi connectivity index (χ0v) is 17.8. The monoisotopic (exact) mass is 398 g/mol. The molecule has 0 fully saturated rings. The average Bonchev–Trinajstić information content (AvgIpc) is 3.05. The van der Waals surface area contributed by atoms with Crippen LogP contribution in [0, 0.1) is 6.92 Å². The molecule has 0 unspecified atom stereocenters. The fraction of sp³-hybridized carbons (Fsp3) is 0.500. The highest BCUT2D eigenvalue weighted by atomic mass is 16.5. The lowest BCUT2D eigenvalue weighted by molar-refractivity contribution is 0.408. The van der Waals surface area contributed by atoms with Crippen molar-refractivity contribution in [1.29, 1.82) is 0 Å². The van der Waals surface area contributed by atoms with Gasteiger partial charge in [-0.1, -0.05) is 51.2 Å². The van der Waals surface area contributed by atoms with Gasteiger partial charge in [0.1, 0.15) is 5.75 Å². The van der Waals surface area contributed by atoms with Gasteiger partial charge in [-0.15, -0.1) is 0 Å². The zero-order chi connectivity index (χ0) is 21.0. The Morgan fingerprint density at radius 2 is 1.72 bits per heavy atom. The van der Waals surface area contributed by atoms with E-state index in [9.17, 15) is 9.59 Å². The molecule has 29 heavy (non-hydrogen) atoms. The van der Waals surface area contributed by atoms with E-state index < -0.39 is 5.69 Å². The molecule has 0 aliphatic carbocycles. The average molecular weight is 399 g/mol. The molecule has 0 N–H and O–H groups in total. The van der Waals surface area contributed by atoms with Gasteiger partial charge in [0.2, 0.25) is 0 Å². The number of aryl methyl sites for hydroxylation is 3. The van der Waals surface area contributed by atoms with Gasteiger partial charge in [0, 0.05) is 20.6 Å². The lowest BCUT2D eigenvalue weighted by atomic mass is 10.1. The molecule has 0 amide bonds. The molecule has 2 aromatic heterocycles. The molecule has 0 atom stereocenters. The van der Waals surface area contributed by atoms with Crippen LogP contribution >= 0.6 is 0 Å². The van der Waals surface area contributed by atoms with Crippen molar-refractivity contribution in [3.05, 3.63) is 50.7 Å². The second-order valence-corrected chi connectivity index (χ2v) is 7.61. The predicted octanol–water partition coefficient (Wildman–Crippen LogP) is 3.89. The molecule has 0 aliphatic heterocycles. The summed E-state index contributed by atoms with van der Waals surface area (Å²) in [6.07, 6.45) is 6.86. The first-order chi connectivity index (χ1) is 13.9. The van der Waals surface area contributed by atoms with Crippen LogP contribution in [0.5, 0.6) is 11.8 Å². The maximum atomic E-state index is 12.8. The van der Waals surface area contributed by atoms with E-state index in [2.05, 4.69) is 11.9 Å². The maximum Gasteiger partial charge on any atom is 0.332 e. The fourth-order valence-electron chi connectivity index (χ4n) is 3.55. The van der Waals surface area contributed by atoms with E-state index in [4.69, 9.17) is 4.74 Å². The third kappa shape index (κ3) is 4.44. The van der Waals surface area contributed by atoms with E-state index in [0.717, 1.165) is 23.0 Å². The number of imidazole rings is 1. The van der Waals surface area contributed by atoms with Gasteiger partial charge < -0.3 is 4.74 Å². The number of rotatable bonds is 9. The Kier molecular flexibility index (Phi) is 6.56. The second kappa shape index (κ2) is 9.11. The van der Waals surface area contributed by atoms with Gasteiger partial charge in [0.25, 0.3) is 5.56 Å². The van der Waals surface area contributed by atoms with E-state index >= 15 is 0 Å². The number of ether oxygens (including phenoxy) is 1. The summed E-state index contributed by atoms with van der Waals surface area (Å²) in [6, 6.07) is 8.04. The van der Waals surface area contributed by atoms with Crippen LogP contribution in [0.1, 0.15) is 51.0 Å². The lowest BCUT2D eigenvalue weighted by Gasteiger charge is -2.10. The Balaban J connectivity index is 1.99. The van der Waals surface area contributed by atoms with Gasteiger partial charge in [0.05, 0.1) is 0 Å². The zero-order valence-electron chi connectivity index (χ0n) is 17.8. The Hall–Kier alpha value is -2.83. The predicted molar refractivity (Wildman–Crippen MR) is 115 cm³/mol. The molecule has 0 saturated carbocycles. The number of unbranched alkanes of at least 4 members (excludes halogenated alkanes) is 5. The number of benzene rings is 1. The summed E-state index contributed by atoms with van der Waals surface area (Å²) >= 11 is 0. The van der Waals surface area contributed by atoms with Crippen LogP contribution in [0.2, 0.25) is 0 Å². The fourth-order valence-corrected chi connectivity index (χ4v) is 3.55. The van der Waals surface area contributed by atoms with Crippen LogP contribution in [-0.4, -0.2) is 18.7 Å². The van der Waals surface area contributed by atoms with Crippen molar-refractivity contribution >= 4 is 11.2 Å². The summed E-state index contributed by atoms with van der Waals surface area (Å²) in [5.41, 5.74) is 1.09. The minimum atomic E-state index is -0.395. The molecule has 3 rings (SSSR count). The van der Waals surface area contributed by atoms with Gasteiger partial charge in [-0.2, -0.15) is 4.98 Å². The van der Waals surface area contributed by atoms with Crippen LogP contribution in [-0.2, 0) is 20.6 Å². The Morgan fingerprint density at radius 1 is 1.00 bits per heavy atom. The van der Waals surface area contributed by atoms with Gasteiger partial charge in [0.15, 0.2) is 11.2 Å². The molecule has 1 aromatic carbocycles. The summed E-state index contributed by atoms with van der Waals surface area (Å²) in [7, 11) is 3.12. The van der Waals surface area contributed by atoms with Crippen LogP contribution in [0.3, 0.4) is 0 Å². The molecule has 0 spiro atoms. The molecule has 156 valence electrons. The summed E-state index contributed by atoms with van der Waals surface area (Å²) in [5, 5.41) is 0. The Labute approximate surface area is 170 Å². The van der Waals surface area contributed by atoms with E-state index in [1.54, 1.807) is 7.05 Å². The smallest absolute Gasteiger partial charge is 0.332 e. The topological polar surface area (TPSA) is 71.1 Å². The molecule has 7 heteroatoms. The molecular weight excluding hydrogens is 368 g/mol. The second-order valence-electron chi connectivity index (χ2n) is 7.61. The first-order valence-corrected chi connectivity index (χ1v) is 10.3. The van der Waals surface area contributed by atoms with Crippen molar-refractivity contribution in [2.45, 2.75) is 58.9 Å². The first-order valence-electron chi connectivity index (χ1n) is 10.3. The van der Waals surface area contributed by atoms with Crippen molar-refractivity contribution in [2.24, 2.45) is 14.1 Å². The highest BCUT2D eigenvalue weighted by Gasteiger charge is 2.20. The first kappa shape index (κ1) is 20.9. The number of hydrogen-bond acceptors (Lipinski definition) is 4. The highest BCUT2D eigenvalue weighted by Crippen LogP contribution is 2.25. The van der Waals surface area contributed by atoms with Gasteiger partial charge in [-0.3, -0.25) is 18.5 Å². The van der Waals surface area contributed by atoms with Gasteiger partial charge in [-0.05, 0) is 31.0 Å². The van der Waals surface area contributed by atoms with Crippen molar-refractivity contribution < 1.29 is 4.74 Å². The van der Waals surface area contributed by atoms with Crippen molar-refractivity contribution in [3.63, 3.8) is 0 Å². The lowest BCUT2D eigenvalue weighted by Crippen LogP contribution is -2.37. The maximum absolute atomic E-state index is 12.8. The third-order valence-corrected chi connectivity index (χ3v) is 5.25. The van der Waals surface area contributed by atoms with Crippen molar-refractivity contribution in [1.82, 2.24) is 18.7 Å². The molecule has 0 radical (unpaired) electrons. The third-order valence-electron chi connectivity index (χ3n) is 5.25. The van der Waals surface area contributed by atoms with Gasteiger partial charge in [-0.25, -0.2) is 4.79 Å². The summed E-state index contributed by atoms with van der Waals surface area (Å²) in [5.74, 6) is 0.659. The summed E-state index contributed by atoms with van der Waals surface area (Å²) in [4.78, 5) is 29.7. The molecule has 0 saturated heterocycles. The largest absolute Gasteiger partial charge is 0.425 e. The van der Waals surface area contributed by atoms with Crippen LogP contribution in [0.25, 0.3) is 11.2 Å². The summed E-state index contributed by atoms with van der Waals surface area (Å²) < 4.78 is 10.4. The summed E-state index contributed by atoms with van der Waals surface area (Å²) in [6.45, 7) is 4.81. The minimum absolute atomic E-state index is 0.345. The Bertz CT molecular complexity index is 1110. The molecular formula is C22H30N4O3. The van der Waals surface area contributed by atoms with E-state index in [1.807, 2.05) is 35.8 Å². The molecule has 7 nitrogen and oxygen atoms in total. The SMILES string of the molecule is CCCCCCCCn1c(Oc2cccc(C)c2)nc2c1c(=O)n(C)c(=O)n2C. The quantitative estimate of drug-likeness (QED) is 0.513.